The highest BCUT2D eigenvalue weighted by atomic mass is 16.3. The van der Waals surface area contributed by atoms with E-state index in [4.69, 9.17) is 0 Å². The van der Waals surface area contributed by atoms with E-state index in [1.54, 1.807) is 0 Å². The lowest BCUT2D eigenvalue weighted by atomic mass is 9.97. The van der Waals surface area contributed by atoms with Gasteiger partial charge in [-0.15, -0.1) is 0 Å². The van der Waals surface area contributed by atoms with Gasteiger partial charge >= 0.3 is 0 Å². The standard InChI is InChI=1S/C13H18N2O/c16-13(11-5-2-7-14-11)10-4-1-3-9-6-8-15-12(9)10/h1,3-4,11,13-16H,2,5-8H2. The summed E-state index contributed by atoms with van der Waals surface area (Å²) in [6.07, 6.45) is 2.95. The first kappa shape index (κ1) is 10.1. The Hall–Kier alpha value is -1.06. The van der Waals surface area contributed by atoms with Crippen molar-refractivity contribution in [2.75, 3.05) is 18.4 Å². The third-order valence-corrected chi connectivity index (χ3v) is 3.68. The molecule has 16 heavy (non-hydrogen) atoms. The van der Waals surface area contributed by atoms with Crippen LogP contribution >= 0.6 is 0 Å². The van der Waals surface area contributed by atoms with Crippen LogP contribution in [0.25, 0.3) is 0 Å². The second-order valence-electron chi connectivity index (χ2n) is 4.71. The number of hydrogen-bond donors (Lipinski definition) is 3. The largest absolute Gasteiger partial charge is 0.387 e. The van der Waals surface area contributed by atoms with Crippen molar-refractivity contribution in [2.24, 2.45) is 0 Å². The minimum atomic E-state index is -0.372. The van der Waals surface area contributed by atoms with Gasteiger partial charge in [0.15, 0.2) is 0 Å². The summed E-state index contributed by atoms with van der Waals surface area (Å²) in [5.41, 5.74) is 3.58. The van der Waals surface area contributed by atoms with Gasteiger partial charge in [0, 0.05) is 23.8 Å². The summed E-state index contributed by atoms with van der Waals surface area (Å²) < 4.78 is 0. The first-order valence-electron chi connectivity index (χ1n) is 6.13. The molecule has 0 bridgehead atoms. The highest BCUT2D eigenvalue weighted by molar-refractivity contribution is 5.62. The Morgan fingerprint density at radius 2 is 2.25 bits per heavy atom. The van der Waals surface area contributed by atoms with Gasteiger partial charge in [0.05, 0.1) is 6.10 Å². The van der Waals surface area contributed by atoms with Gasteiger partial charge in [-0.05, 0) is 31.4 Å². The Morgan fingerprint density at radius 3 is 3.06 bits per heavy atom. The Labute approximate surface area is 95.9 Å². The highest BCUT2D eigenvalue weighted by Gasteiger charge is 2.27. The molecule has 2 aliphatic heterocycles. The van der Waals surface area contributed by atoms with Crippen LogP contribution in [0.2, 0.25) is 0 Å². The molecule has 86 valence electrons. The average molecular weight is 218 g/mol. The number of rotatable bonds is 2. The zero-order valence-corrected chi connectivity index (χ0v) is 9.37. The number of anilines is 1. The van der Waals surface area contributed by atoms with E-state index in [1.807, 2.05) is 6.07 Å². The molecule has 2 aliphatic rings. The summed E-state index contributed by atoms with van der Waals surface area (Å²) in [5.74, 6) is 0. The summed E-state index contributed by atoms with van der Waals surface area (Å²) in [7, 11) is 0. The first-order valence-corrected chi connectivity index (χ1v) is 6.13. The Bertz CT molecular complexity index is 386. The van der Waals surface area contributed by atoms with Gasteiger partial charge in [-0.25, -0.2) is 0 Å². The number of nitrogens with one attached hydrogen (secondary N) is 2. The summed E-state index contributed by atoms with van der Waals surface area (Å²) in [5, 5.41) is 17.1. The van der Waals surface area contributed by atoms with Gasteiger partial charge in [0.2, 0.25) is 0 Å². The molecule has 0 amide bonds. The van der Waals surface area contributed by atoms with Gasteiger partial charge in [0.25, 0.3) is 0 Å². The fourth-order valence-electron chi connectivity index (χ4n) is 2.81. The molecule has 2 atom stereocenters. The minimum absolute atomic E-state index is 0.230. The van der Waals surface area contributed by atoms with Crippen LogP contribution in [0.1, 0.15) is 30.1 Å². The Kier molecular flexibility index (Phi) is 2.58. The topological polar surface area (TPSA) is 44.3 Å². The van der Waals surface area contributed by atoms with Crippen LogP contribution < -0.4 is 10.6 Å². The third-order valence-electron chi connectivity index (χ3n) is 3.68. The van der Waals surface area contributed by atoms with Crippen molar-refractivity contribution in [3.8, 4) is 0 Å². The summed E-state index contributed by atoms with van der Waals surface area (Å²) in [6.45, 7) is 2.03. The summed E-state index contributed by atoms with van der Waals surface area (Å²) in [4.78, 5) is 0. The van der Waals surface area contributed by atoms with Gasteiger partial charge in [-0.2, -0.15) is 0 Å². The van der Waals surface area contributed by atoms with Crippen LogP contribution in [0.4, 0.5) is 5.69 Å². The lowest BCUT2D eigenvalue weighted by Crippen LogP contribution is -2.29. The SMILES string of the molecule is OC(c1cccc2c1NCC2)C1CCCN1. The van der Waals surface area contributed by atoms with Crippen molar-refractivity contribution in [1.29, 1.82) is 0 Å². The third kappa shape index (κ3) is 1.60. The second kappa shape index (κ2) is 4.07. The molecule has 1 saturated heterocycles. The monoisotopic (exact) mass is 218 g/mol. The fraction of sp³-hybridized carbons (Fsp3) is 0.538. The molecule has 0 aromatic heterocycles. The van der Waals surface area contributed by atoms with E-state index >= 15 is 0 Å². The van der Waals surface area contributed by atoms with Crippen molar-refractivity contribution in [3.05, 3.63) is 29.3 Å². The van der Waals surface area contributed by atoms with Crippen molar-refractivity contribution < 1.29 is 5.11 Å². The minimum Gasteiger partial charge on any atom is -0.387 e. The van der Waals surface area contributed by atoms with Crippen LogP contribution in [-0.4, -0.2) is 24.2 Å². The molecule has 2 unspecified atom stereocenters. The lowest BCUT2D eigenvalue weighted by molar-refractivity contribution is 0.138. The maximum absolute atomic E-state index is 10.4. The van der Waals surface area contributed by atoms with Crippen molar-refractivity contribution in [3.63, 3.8) is 0 Å². The molecule has 2 heterocycles. The molecule has 3 rings (SSSR count). The van der Waals surface area contributed by atoms with Crippen molar-refractivity contribution in [1.82, 2.24) is 5.32 Å². The zero-order chi connectivity index (χ0) is 11.0. The van der Waals surface area contributed by atoms with Crippen molar-refractivity contribution in [2.45, 2.75) is 31.4 Å². The lowest BCUT2D eigenvalue weighted by Gasteiger charge is -2.21. The molecule has 1 aromatic carbocycles. The highest BCUT2D eigenvalue weighted by Crippen LogP contribution is 2.33. The van der Waals surface area contributed by atoms with Gasteiger partial charge < -0.3 is 15.7 Å². The number of fused-ring (bicyclic) bond motifs is 1. The van der Waals surface area contributed by atoms with E-state index in [0.29, 0.717) is 0 Å². The number of hydrogen-bond acceptors (Lipinski definition) is 3. The van der Waals surface area contributed by atoms with E-state index in [9.17, 15) is 5.11 Å². The van der Waals surface area contributed by atoms with Crippen LogP contribution in [0.3, 0.4) is 0 Å². The predicted octanol–water partition coefficient (Wildman–Crippen LogP) is 1.44. The van der Waals surface area contributed by atoms with E-state index < -0.39 is 0 Å². The molecular formula is C13H18N2O. The van der Waals surface area contributed by atoms with E-state index in [2.05, 4.69) is 22.8 Å². The van der Waals surface area contributed by atoms with Crippen LogP contribution in [-0.2, 0) is 6.42 Å². The molecule has 0 saturated carbocycles. The second-order valence-corrected chi connectivity index (χ2v) is 4.71. The molecule has 0 radical (unpaired) electrons. The fourth-order valence-corrected chi connectivity index (χ4v) is 2.81. The maximum Gasteiger partial charge on any atom is 0.0962 e. The molecule has 0 aliphatic carbocycles. The van der Waals surface area contributed by atoms with Crippen LogP contribution in [0, 0.1) is 0 Å². The summed E-state index contributed by atoms with van der Waals surface area (Å²) in [6, 6.07) is 6.48. The normalized spacial score (nSPS) is 25.2. The molecule has 1 aromatic rings. The average Bonchev–Trinajstić information content (AvgIpc) is 2.98. The van der Waals surface area contributed by atoms with E-state index in [-0.39, 0.29) is 12.1 Å². The number of para-hydroxylation sites is 1. The quantitative estimate of drug-likeness (QED) is 0.704. The van der Waals surface area contributed by atoms with E-state index in [0.717, 1.165) is 31.5 Å². The predicted molar refractivity (Wildman–Crippen MR) is 64.6 cm³/mol. The van der Waals surface area contributed by atoms with Crippen LogP contribution in [0.15, 0.2) is 18.2 Å². The Morgan fingerprint density at radius 1 is 1.31 bits per heavy atom. The molecule has 0 spiro atoms. The smallest absolute Gasteiger partial charge is 0.0962 e. The number of benzene rings is 1. The maximum atomic E-state index is 10.4. The van der Waals surface area contributed by atoms with Gasteiger partial charge in [0.1, 0.15) is 0 Å². The number of aliphatic hydroxyl groups excluding tert-OH is 1. The van der Waals surface area contributed by atoms with Crippen LogP contribution in [0.5, 0.6) is 0 Å². The number of aliphatic hydroxyl groups is 1. The first-order chi connectivity index (χ1) is 7.86. The molecule has 3 N–H and O–H groups in total. The molecular weight excluding hydrogens is 200 g/mol. The molecule has 1 fully saturated rings. The summed E-state index contributed by atoms with van der Waals surface area (Å²) >= 11 is 0. The van der Waals surface area contributed by atoms with Crippen molar-refractivity contribution >= 4 is 5.69 Å². The van der Waals surface area contributed by atoms with Gasteiger partial charge in [-0.3, -0.25) is 0 Å². The molecule has 3 heteroatoms. The van der Waals surface area contributed by atoms with E-state index in [1.165, 1.54) is 17.7 Å². The van der Waals surface area contributed by atoms with Gasteiger partial charge in [-0.1, -0.05) is 18.2 Å². The zero-order valence-electron chi connectivity index (χ0n) is 9.37. The molecule has 3 nitrogen and oxygen atoms in total. The Balaban J connectivity index is 1.91.